The molecule has 4 nitrogen and oxygen atoms in total. The quantitative estimate of drug-likeness (QED) is 0.935. The Hall–Kier alpha value is -2.89. The van der Waals surface area contributed by atoms with Crippen LogP contribution in [0.3, 0.4) is 0 Å². The Kier molecular flexibility index (Phi) is 4.18. The van der Waals surface area contributed by atoms with Gasteiger partial charge in [0.05, 0.1) is 23.3 Å². The maximum atomic E-state index is 13.6. The van der Waals surface area contributed by atoms with Gasteiger partial charge in [0.15, 0.2) is 0 Å². The van der Waals surface area contributed by atoms with Crippen LogP contribution in [0.5, 0.6) is 11.5 Å². The van der Waals surface area contributed by atoms with Crippen molar-refractivity contribution < 1.29 is 14.2 Å². The lowest BCUT2D eigenvalue weighted by atomic mass is 10.1. The summed E-state index contributed by atoms with van der Waals surface area (Å²) in [5, 5.41) is 27.3. The van der Waals surface area contributed by atoms with Gasteiger partial charge in [-0.2, -0.15) is 10.5 Å². The van der Waals surface area contributed by atoms with Gasteiger partial charge in [-0.15, -0.1) is 0 Å². The molecule has 0 aliphatic carbocycles. The molecule has 2 aromatic rings. The minimum atomic E-state index is -0.795. The van der Waals surface area contributed by atoms with Crippen molar-refractivity contribution in [3.8, 4) is 23.6 Å². The van der Waals surface area contributed by atoms with Crippen molar-refractivity contribution in [1.82, 2.24) is 0 Å². The zero-order valence-electron chi connectivity index (χ0n) is 11.2. The van der Waals surface area contributed by atoms with Gasteiger partial charge in [-0.1, -0.05) is 6.07 Å². The molecule has 5 heteroatoms. The summed E-state index contributed by atoms with van der Waals surface area (Å²) in [5.41, 5.74) is 0.770. The molecular formula is C16H11FN2O2. The van der Waals surface area contributed by atoms with Crippen LogP contribution >= 0.6 is 0 Å². The SMILES string of the molecule is C[C@@H](O)c1ccc(C#N)cc1Oc1ccc(C#N)c(F)c1. The Bertz CT molecular complexity index is 758. The van der Waals surface area contributed by atoms with Crippen LogP contribution in [-0.4, -0.2) is 5.11 Å². The average Bonchev–Trinajstić information content (AvgIpc) is 2.47. The molecule has 0 heterocycles. The fraction of sp³-hybridized carbons (Fsp3) is 0.125. The van der Waals surface area contributed by atoms with E-state index in [0.29, 0.717) is 11.1 Å². The molecule has 0 amide bonds. The zero-order chi connectivity index (χ0) is 15.4. The van der Waals surface area contributed by atoms with E-state index < -0.39 is 11.9 Å². The summed E-state index contributed by atoms with van der Waals surface area (Å²) in [5.74, 6) is -0.235. The highest BCUT2D eigenvalue weighted by Crippen LogP contribution is 2.31. The molecule has 0 bridgehead atoms. The predicted octanol–water partition coefficient (Wildman–Crippen LogP) is 3.41. The van der Waals surface area contributed by atoms with Gasteiger partial charge in [-0.3, -0.25) is 0 Å². The Labute approximate surface area is 121 Å². The van der Waals surface area contributed by atoms with Gasteiger partial charge in [0.25, 0.3) is 0 Å². The van der Waals surface area contributed by atoms with Crippen LogP contribution in [0.4, 0.5) is 4.39 Å². The predicted molar refractivity (Wildman–Crippen MR) is 73.0 cm³/mol. The van der Waals surface area contributed by atoms with E-state index in [-0.39, 0.29) is 17.1 Å². The molecular weight excluding hydrogens is 271 g/mol. The van der Waals surface area contributed by atoms with Crippen molar-refractivity contribution in [3.63, 3.8) is 0 Å². The van der Waals surface area contributed by atoms with E-state index in [2.05, 4.69) is 0 Å². The van der Waals surface area contributed by atoms with Crippen LogP contribution in [-0.2, 0) is 0 Å². The van der Waals surface area contributed by atoms with E-state index >= 15 is 0 Å². The van der Waals surface area contributed by atoms with Gasteiger partial charge >= 0.3 is 0 Å². The lowest BCUT2D eigenvalue weighted by Gasteiger charge is -2.13. The summed E-state index contributed by atoms with van der Waals surface area (Å²) in [4.78, 5) is 0. The maximum absolute atomic E-state index is 13.6. The topological polar surface area (TPSA) is 77.0 Å². The Morgan fingerprint density at radius 3 is 2.48 bits per heavy atom. The number of ether oxygens (including phenoxy) is 1. The number of hydrogen-bond donors (Lipinski definition) is 1. The standard InChI is InChI=1S/C16H11FN2O2/c1-10(20)14-5-2-11(8-18)6-16(14)21-13-4-3-12(9-19)15(17)7-13/h2-7,10,20H,1H3/t10-/m1/s1. The average molecular weight is 282 g/mol. The monoisotopic (exact) mass is 282 g/mol. The number of nitrogens with zero attached hydrogens (tertiary/aromatic N) is 2. The summed E-state index contributed by atoms with van der Waals surface area (Å²) in [6, 6.07) is 12.2. The number of nitriles is 2. The van der Waals surface area contributed by atoms with E-state index in [1.54, 1.807) is 25.1 Å². The molecule has 104 valence electrons. The van der Waals surface area contributed by atoms with Crippen LogP contribution in [0.25, 0.3) is 0 Å². The van der Waals surface area contributed by atoms with E-state index in [1.807, 2.05) is 6.07 Å². The van der Waals surface area contributed by atoms with Crippen LogP contribution < -0.4 is 4.74 Å². The third-order valence-electron chi connectivity index (χ3n) is 2.88. The summed E-state index contributed by atoms with van der Waals surface area (Å²) in [6.07, 6.45) is -0.795. The summed E-state index contributed by atoms with van der Waals surface area (Å²) in [6.45, 7) is 1.56. The van der Waals surface area contributed by atoms with Crippen LogP contribution in [0, 0.1) is 28.5 Å². The minimum absolute atomic E-state index is 0.0797. The Morgan fingerprint density at radius 1 is 1.14 bits per heavy atom. The first kappa shape index (κ1) is 14.5. The third-order valence-corrected chi connectivity index (χ3v) is 2.88. The smallest absolute Gasteiger partial charge is 0.144 e. The van der Waals surface area contributed by atoms with Crippen molar-refractivity contribution in [2.24, 2.45) is 0 Å². The molecule has 0 fully saturated rings. The molecule has 0 saturated carbocycles. The first-order chi connectivity index (χ1) is 10.0. The largest absolute Gasteiger partial charge is 0.457 e. The number of aliphatic hydroxyl groups is 1. The van der Waals surface area contributed by atoms with E-state index in [1.165, 1.54) is 18.2 Å². The van der Waals surface area contributed by atoms with Crippen LogP contribution in [0.15, 0.2) is 36.4 Å². The van der Waals surface area contributed by atoms with Crippen molar-refractivity contribution >= 4 is 0 Å². The molecule has 21 heavy (non-hydrogen) atoms. The molecule has 1 N–H and O–H groups in total. The molecule has 2 aromatic carbocycles. The van der Waals surface area contributed by atoms with Gasteiger partial charge in [-0.25, -0.2) is 4.39 Å². The van der Waals surface area contributed by atoms with Gasteiger partial charge < -0.3 is 9.84 Å². The summed E-state index contributed by atoms with van der Waals surface area (Å²) < 4.78 is 19.1. The fourth-order valence-electron chi connectivity index (χ4n) is 1.81. The lowest BCUT2D eigenvalue weighted by molar-refractivity contribution is 0.195. The van der Waals surface area contributed by atoms with Crippen molar-refractivity contribution in [3.05, 3.63) is 58.9 Å². The van der Waals surface area contributed by atoms with Gasteiger partial charge in [-0.05, 0) is 31.2 Å². The molecule has 0 spiro atoms. The molecule has 2 rings (SSSR count). The molecule has 0 radical (unpaired) electrons. The maximum Gasteiger partial charge on any atom is 0.144 e. The van der Waals surface area contributed by atoms with Gasteiger partial charge in [0.2, 0.25) is 0 Å². The van der Waals surface area contributed by atoms with E-state index in [9.17, 15) is 9.50 Å². The number of aliphatic hydroxyl groups excluding tert-OH is 1. The second-order valence-electron chi connectivity index (χ2n) is 4.40. The Morgan fingerprint density at radius 2 is 1.90 bits per heavy atom. The molecule has 0 saturated heterocycles. The van der Waals surface area contributed by atoms with E-state index in [4.69, 9.17) is 15.3 Å². The van der Waals surface area contributed by atoms with Gasteiger partial charge in [0.1, 0.15) is 23.4 Å². The van der Waals surface area contributed by atoms with Crippen molar-refractivity contribution in [1.29, 1.82) is 10.5 Å². The minimum Gasteiger partial charge on any atom is -0.457 e. The van der Waals surface area contributed by atoms with Gasteiger partial charge in [0, 0.05) is 11.6 Å². The highest BCUT2D eigenvalue weighted by atomic mass is 19.1. The highest BCUT2D eigenvalue weighted by molar-refractivity contribution is 5.46. The first-order valence-electron chi connectivity index (χ1n) is 6.14. The number of hydrogen-bond acceptors (Lipinski definition) is 4. The van der Waals surface area contributed by atoms with Crippen molar-refractivity contribution in [2.75, 3.05) is 0 Å². The summed E-state index contributed by atoms with van der Waals surface area (Å²) in [7, 11) is 0. The van der Waals surface area contributed by atoms with Crippen LogP contribution in [0.2, 0.25) is 0 Å². The van der Waals surface area contributed by atoms with E-state index in [0.717, 1.165) is 6.07 Å². The third kappa shape index (κ3) is 3.17. The lowest BCUT2D eigenvalue weighted by Crippen LogP contribution is -1.97. The second kappa shape index (κ2) is 6.04. The number of benzene rings is 2. The molecule has 0 aliphatic heterocycles. The summed E-state index contributed by atoms with van der Waals surface area (Å²) >= 11 is 0. The highest BCUT2D eigenvalue weighted by Gasteiger charge is 2.12. The van der Waals surface area contributed by atoms with Crippen molar-refractivity contribution in [2.45, 2.75) is 13.0 Å². The second-order valence-corrected chi connectivity index (χ2v) is 4.40. The molecule has 1 atom stereocenters. The molecule has 0 unspecified atom stereocenters. The molecule has 0 aromatic heterocycles. The zero-order valence-corrected chi connectivity index (χ0v) is 11.2. The normalized spacial score (nSPS) is 11.3. The number of halogens is 1. The number of rotatable bonds is 3. The first-order valence-corrected chi connectivity index (χ1v) is 6.14. The fourth-order valence-corrected chi connectivity index (χ4v) is 1.81. The van der Waals surface area contributed by atoms with Crippen LogP contribution in [0.1, 0.15) is 29.7 Å². The molecule has 0 aliphatic rings. The Balaban J connectivity index is 2.41.